The van der Waals surface area contributed by atoms with Crippen LogP contribution in [0.2, 0.25) is 0 Å². The van der Waals surface area contributed by atoms with Crippen molar-refractivity contribution < 1.29 is 14.8 Å². The van der Waals surface area contributed by atoms with Crippen LogP contribution in [0.1, 0.15) is 44.1 Å². The van der Waals surface area contributed by atoms with E-state index < -0.39 is 16.8 Å². The molecule has 5 heteroatoms. The number of unbranched alkanes of at least 4 members (excludes halogenated alkanes) is 2. The van der Waals surface area contributed by atoms with E-state index in [4.69, 9.17) is 0 Å². The Bertz CT molecular complexity index is 431. The molecule has 0 spiro atoms. The Kier molecular flexibility index (Phi) is 5.30. The van der Waals surface area contributed by atoms with Gasteiger partial charge in [0, 0.05) is 12.1 Å². The third-order valence-electron chi connectivity index (χ3n) is 2.88. The first-order valence-corrected chi connectivity index (χ1v) is 6.03. The van der Waals surface area contributed by atoms with Gasteiger partial charge < -0.3 is 5.11 Å². The molecule has 1 aromatic carbocycles. The van der Waals surface area contributed by atoms with E-state index in [0.717, 1.165) is 19.3 Å². The van der Waals surface area contributed by atoms with Crippen molar-refractivity contribution in [1.82, 2.24) is 0 Å². The van der Waals surface area contributed by atoms with Crippen molar-refractivity contribution in [3.63, 3.8) is 0 Å². The molecule has 1 atom stereocenters. The fourth-order valence-corrected chi connectivity index (χ4v) is 1.89. The maximum atomic E-state index is 11.2. The van der Waals surface area contributed by atoms with Gasteiger partial charge >= 0.3 is 5.97 Å². The highest BCUT2D eigenvalue weighted by Gasteiger charge is 2.21. The monoisotopic (exact) mass is 251 g/mol. The lowest BCUT2D eigenvalue weighted by atomic mass is 9.93. The predicted molar refractivity (Wildman–Crippen MR) is 67.6 cm³/mol. The zero-order valence-corrected chi connectivity index (χ0v) is 10.3. The van der Waals surface area contributed by atoms with Gasteiger partial charge in [-0.25, -0.2) is 0 Å². The average Bonchev–Trinajstić information content (AvgIpc) is 2.34. The lowest BCUT2D eigenvalue weighted by Gasteiger charge is -2.12. The van der Waals surface area contributed by atoms with E-state index in [-0.39, 0.29) is 5.69 Å². The number of rotatable bonds is 7. The summed E-state index contributed by atoms with van der Waals surface area (Å²) in [6, 6.07) is 5.89. The van der Waals surface area contributed by atoms with Gasteiger partial charge in [-0.15, -0.1) is 0 Å². The molecule has 0 amide bonds. The number of carboxylic acids is 1. The molecule has 5 nitrogen and oxygen atoms in total. The van der Waals surface area contributed by atoms with E-state index in [1.54, 1.807) is 6.07 Å². The van der Waals surface area contributed by atoms with Gasteiger partial charge in [-0.1, -0.05) is 38.3 Å². The minimum absolute atomic E-state index is 0.0609. The molecular formula is C13H17NO4. The Morgan fingerprint density at radius 2 is 2.17 bits per heavy atom. The second kappa shape index (κ2) is 6.74. The first-order valence-electron chi connectivity index (χ1n) is 6.03. The standard InChI is InChI=1S/C13H17NO4/c1-2-3-4-8-12(13(15)16)10-6-5-7-11(9-10)14(17)18/h5-7,9,12H,2-4,8H2,1H3,(H,15,16). The molecule has 18 heavy (non-hydrogen) atoms. The zero-order valence-electron chi connectivity index (χ0n) is 10.3. The topological polar surface area (TPSA) is 80.4 Å². The molecule has 1 N–H and O–H groups in total. The van der Waals surface area contributed by atoms with Crippen LogP contribution in [0.25, 0.3) is 0 Å². The van der Waals surface area contributed by atoms with Gasteiger partial charge in [0.15, 0.2) is 0 Å². The summed E-state index contributed by atoms with van der Waals surface area (Å²) in [5, 5.41) is 19.8. The number of nitro groups is 1. The number of carbonyl (C=O) groups is 1. The van der Waals surface area contributed by atoms with Crippen LogP contribution >= 0.6 is 0 Å². The summed E-state index contributed by atoms with van der Waals surface area (Å²) in [7, 11) is 0. The van der Waals surface area contributed by atoms with E-state index in [0.29, 0.717) is 12.0 Å². The Hall–Kier alpha value is -1.91. The fraction of sp³-hybridized carbons (Fsp3) is 0.462. The van der Waals surface area contributed by atoms with Crippen molar-refractivity contribution in [1.29, 1.82) is 0 Å². The quantitative estimate of drug-likeness (QED) is 0.458. The van der Waals surface area contributed by atoms with Crippen molar-refractivity contribution in [2.75, 3.05) is 0 Å². The van der Waals surface area contributed by atoms with Crippen LogP contribution in [0.5, 0.6) is 0 Å². The molecule has 1 unspecified atom stereocenters. The van der Waals surface area contributed by atoms with Gasteiger partial charge in [-0.2, -0.15) is 0 Å². The molecule has 0 fully saturated rings. The van der Waals surface area contributed by atoms with Crippen LogP contribution < -0.4 is 0 Å². The van der Waals surface area contributed by atoms with Gasteiger partial charge in [0.25, 0.3) is 5.69 Å². The van der Waals surface area contributed by atoms with Crippen molar-refractivity contribution in [3.05, 3.63) is 39.9 Å². The molecule has 0 aromatic heterocycles. The first kappa shape index (κ1) is 14.2. The van der Waals surface area contributed by atoms with Crippen molar-refractivity contribution >= 4 is 11.7 Å². The van der Waals surface area contributed by atoms with Crippen molar-refractivity contribution in [2.24, 2.45) is 0 Å². The van der Waals surface area contributed by atoms with E-state index in [2.05, 4.69) is 0 Å². The maximum absolute atomic E-state index is 11.2. The zero-order chi connectivity index (χ0) is 13.5. The summed E-state index contributed by atoms with van der Waals surface area (Å²) in [4.78, 5) is 21.4. The SMILES string of the molecule is CCCCCC(C(=O)O)c1cccc([N+](=O)[O-])c1. The average molecular weight is 251 g/mol. The summed E-state index contributed by atoms with van der Waals surface area (Å²) in [5.74, 6) is -1.58. The molecule has 0 aliphatic carbocycles. The van der Waals surface area contributed by atoms with Gasteiger partial charge in [0.1, 0.15) is 0 Å². The van der Waals surface area contributed by atoms with E-state index >= 15 is 0 Å². The largest absolute Gasteiger partial charge is 0.481 e. The smallest absolute Gasteiger partial charge is 0.310 e. The molecule has 98 valence electrons. The summed E-state index contributed by atoms with van der Waals surface area (Å²) in [6.07, 6.45) is 3.32. The molecule has 1 rings (SSSR count). The van der Waals surface area contributed by atoms with Crippen LogP contribution in [-0.2, 0) is 4.79 Å². The normalized spacial score (nSPS) is 12.1. The summed E-state index contributed by atoms with van der Waals surface area (Å²) >= 11 is 0. The highest BCUT2D eigenvalue weighted by atomic mass is 16.6. The van der Waals surface area contributed by atoms with E-state index in [1.807, 2.05) is 6.92 Å². The minimum Gasteiger partial charge on any atom is -0.481 e. The van der Waals surface area contributed by atoms with Gasteiger partial charge in [-0.3, -0.25) is 14.9 Å². The Morgan fingerprint density at radius 3 is 2.72 bits per heavy atom. The molecule has 0 aliphatic rings. The highest BCUT2D eigenvalue weighted by Crippen LogP contribution is 2.25. The molecule has 0 heterocycles. The summed E-state index contributed by atoms with van der Waals surface area (Å²) in [5.41, 5.74) is 0.446. The molecule has 1 aromatic rings. The van der Waals surface area contributed by atoms with Crippen LogP contribution in [-0.4, -0.2) is 16.0 Å². The number of benzene rings is 1. The number of non-ortho nitro benzene ring substituents is 1. The van der Waals surface area contributed by atoms with Gasteiger partial charge in [-0.05, 0) is 12.0 Å². The van der Waals surface area contributed by atoms with E-state index in [9.17, 15) is 20.0 Å². The van der Waals surface area contributed by atoms with Crippen molar-refractivity contribution in [3.8, 4) is 0 Å². The third-order valence-corrected chi connectivity index (χ3v) is 2.88. The molecular weight excluding hydrogens is 234 g/mol. The molecule has 0 saturated carbocycles. The first-order chi connectivity index (χ1) is 8.56. The summed E-state index contributed by atoms with van der Waals surface area (Å²) in [6.45, 7) is 2.04. The Morgan fingerprint density at radius 1 is 1.44 bits per heavy atom. The van der Waals surface area contributed by atoms with Crippen LogP contribution in [0.15, 0.2) is 24.3 Å². The van der Waals surface area contributed by atoms with Crippen LogP contribution in [0.4, 0.5) is 5.69 Å². The third kappa shape index (κ3) is 3.84. The molecule has 0 saturated heterocycles. The Balaban J connectivity index is 2.88. The minimum atomic E-state index is -0.924. The number of hydrogen-bond acceptors (Lipinski definition) is 3. The lowest BCUT2D eigenvalue weighted by molar-refractivity contribution is -0.384. The van der Waals surface area contributed by atoms with Gasteiger partial charge in [0.2, 0.25) is 0 Å². The number of carboxylic acid groups (broad SMARTS) is 1. The van der Waals surface area contributed by atoms with E-state index in [1.165, 1.54) is 18.2 Å². The van der Waals surface area contributed by atoms with Crippen LogP contribution in [0, 0.1) is 10.1 Å². The molecule has 0 bridgehead atoms. The highest BCUT2D eigenvalue weighted by molar-refractivity contribution is 5.76. The second-order valence-corrected chi connectivity index (χ2v) is 4.24. The van der Waals surface area contributed by atoms with Crippen molar-refractivity contribution in [2.45, 2.75) is 38.5 Å². The number of aliphatic carboxylic acids is 1. The molecule has 0 aliphatic heterocycles. The fourth-order valence-electron chi connectivity index (χ4n) is 1.89. The summed E-state index contributed by atoms with van der Waals surface area (Å²) < 4.78 is 0. The maximum Gasteiger partial charge on any atom is 0.310 e. The second-order valence-electron chi connectivity index (χ2n) is 4.24. The predicted octanol–water partition coefficient (Wildman–Crippen LogP) is 3.34. The van der Waals surface area contributed by atoms with Gasteiger partial charge in [0.05, 0.1) is 10.8 Å². The number of nitro benzene ring substituents is 1. The Labute approximate surface area is 106 Å². The lowest BCUT2D eigenvalue weighted by Crippen LogP contribution is -2.11. The number of nitrogens with zero attached hydrogens (tertiary/aromatic N) is 1. The van der Waals surface area contributed by atoms with Crippen LogP contribution in [0.3, 0.4) is 0 Å². The number of hydrogen-bond donors (Lipinski definition) is 1. The molecule has 0 radical (unpaired) electrons.